The molecule has 1 amide bonds. The van der Waals surface area contributed by atoms with Crippen molar-refractivity contribution in [2.75, 3.05) is 33.3 Å². The summed E-state index contributed by atoms with van der Waals surface area (Å²) >= 11 is 0. The number of hydrogen-bond acceptors (Lipinski definition) is 6. The standard InChI is InChI=1S/C21H26BN3O5/c1-28-17-6-4-15(5-7-17)14-29-20-13-25(27)18(11-19(20)30-22)21(26)24-10-9-23-8-2-3-16(23)12-24/h4-7,11,13,16H,2-3,8-10,12,14,22H2,1H3/t16-/m0/s1. The summed E-state index contributed by atoms with van der Waals surface area (Å²) in [6.45, 7) is 3.51. The third kappa shape index (κ3) is 4.16. The van der Waals surface area contributed by atoms with Crippen LogP contribution in [0.15, 0.2) is 36.5 Å². The molecule has 9 heteroatoms. The highest BCUT2D eigenvalue weighted by atomic mass is 16.5. The van der Waals surface area contributed by atoms with Crippen LogP contribution in [0.1, 0.15) is 28.9 Å². The van der Waals surface area contributed by atoms with Crippen molar-refractivity contribution in [3.8, 4) is 17.2 Å². The van der Waals surface area contributed by atoms with E-state index in [9.17, 15) is 10.0 Å². The number of pyridine rings is 1. The number of rotatable bonds is 6. The Bertz CT molecular complexity index is 908. The number of fused-ring (bicyclic) bond motifs is 1. The normalized spacial score (nSPS) is 18.7. The van der Waals surface area contributed by atoms with Gasteiger partial charge in [0.05, 0.1) is 13.2 Å². The fraction of sp³-hybridized carbons (Fsp3) is 0.429. The van der Waals surface area contributed by atoms with Gasteiger partial charge in [-0.25, -0.2) is 0 Å². The smallest absolute Gasteiger partial charge is 0.322 e. The van der Waals surface area contributed by atoms with Crippen molar-refractivity contribution in [1.82, 2.24) is 9.80 Å². The summed E-state index contributed by atoms with van der Waals surface area (Å²) in [7, 11) is 3.11. The van der Waals surface area contributed by atoms with Crippen LogP contribution in [0.3, 0.4) is 0 Å². The predicted molar refractivity (Wildman–Crippen MR) is 112 cm³/mol. The number of carbonyl (C=O) groups is 1. The monoisotopic (exact) mass is 411 g/mol. The average Bonchev–Trinajstić information content (AvgIpc) is 3.25. The summed E-state index contributed by atoms with van der Waals surface area (Å²) in [6.07, 6.45) is 3.53. The Hall–Kier alpha value is -2.94. The lowest BCUT2D eigenvalue weighted by Crippen LogP contribution is -2.53. The molecule has 4 rings (SSSR count). The number of aromatic nitrogens is 1. The summed E-state index contributed by atoms with van der Waals surface area (Å²) in [6, 6.07) is 9.33. The van der Waals surface area contributed by atoms with Crippen LogP contribution < -0.4 is 18.9 Å². The number of carbonyl (C=O) groups excluding carboxylic acids is 1. The molecule has 2 aliphatic rings. The van der Waals surface area contributed by atoms with Crippen molar-refractivity contribution in [1.29, 1.82) is 0 Å². The first kappa shape index (κ1) is 20.3. The Balaban J connectivity index is 1.47. The van der Waals surface area contributed by atoms with E-state index >= 15 is 0 Å². The molecule has 0 aliphatic carbocycles. The Morgan fingerprint density at radius 1 is 1.23 bits per heavy atom. The lowest BCUT2D eigenvalue weighted by molar-refractivity contribution is -0.608. The van der Waals surface area contributed by atoms with Crippen LogP contribution in [0, 0.1) is 5.21 Å². The Labute approximate surface area is 177 Å². The van der Waals surface area contributed by atoms with Gasteiger partial charge in [0.2, 0.25) is 11.9 Å². The zero-order chi connectivity index (χ0) is 21.1. The van der Waals surface area contributed by atoms with E-state index in [0.717, 1.165) is 30.8 Å². The van der Waals surface area contributed by atoms with Gasteiger partial charge in [0, 0.05) is 25.7 Å². The molecular weight excluding hydrogens is 385 g/mol. The minimum Gasteiger partial charge on any atom is -0.618 e. The van der Waals surface area contributed by atoms with Gasteiger partial charge >= 0.3 is 14.0 Å². The lowest BCUT2D eigenvalue weighted by atomic mass is 10.1. The number of amides is 1. The van der Waals surface area contributed by atoms with Crippen molar-refractivity contribution in [3.05, 3.63) is 53.0 Å². The molecule has 0 unspecified atom stereocenters. The zero-order valence-electron chi connectivity index (χ0n) is 17.4. The number of benzene rings is 1. The first-order valence-corrected chi connectivity index (χ1v) is 10.2. The van der Waals surface area contributed by atoms with E-state index in [2.05, 4.69) is 4.90 Å². The van der Waals surface area contributed by atoms with Gasteiger partial charge < -0.3 is 24.2 Å². The molecule has 3 heterocycles. The minimum atomic E-state index is -0.267. The van der Waals surface area contributed by atoms with Crippen LogP contribution in [-0.4, -0.2) is 63.1 Å². The van der Waals surface area contributed by atoms with Gasteiger partial charge in [0.15, 0.2) is 5.75 Å². The molecule has 2 saturated heterocycles. The van der Waals surface area contributed by atoms with Gasteiger partial charge in [-0.1, -0.05) is 12.1 Å². The highest BCUT2D eigenvalue weighted by Crippen LogP contribution is 2.28. The molecule has 2 fully saturated rings. The summed E-state index contributed by atoms with van der Waals surface area (Å²) in [4.78, 5) is 17.2. The second-order valence-electron chi connectivity index (χ2n) is 7.64. The maximum Gasteiger partial charge on any atom is 0.322 e. The molecule has 1 atom stereocenters. The molecule has 0 spiro atoms. The third-order valence-electron chi connectivity index (χ3n) is 5.85. The van der Waals surface area contributed by atoms with Crippen LogP contribution in [0.25, 0.3) is 0 Å². The molecule has 0 radical (unpaired) electrons. The van der Waals surface area contributed by atoms with Gasteiger partial charge in [-0.2, -0.15) is 4.73 Å². The van der Waals surface area contributed by atoms with Crippen LogP contribution >= 0.6 is 0 Å². The van der Waals surface area contributed by atoms with Crippen molar-refractivity contribution < 1.29 is 23.7 Å². The molecule has 0 saturated carbocycles. The van der Waals surface area contributed by atoms with Crippen LogP contribution in [0.5, 0.6) is 17.2 Å². The van der Waals surface area contributed by atoms with Crippen LogP contribution in [0.2, 0.25) is 0 Å². The first-order chi connectivity index (χ1) is 14.6. The fourth-order valence-electron chi connectivity index (χ4n) is 4.14. The second kappa shape index (κ2) is 8.83. The number of piperazine rings is 1. The molecule has 0 N–H and O–H groups in total. The quantitative estimate of drug-likeness (QED) is 0.397. The minimum absolute atomic E-state index is 0.0510. The van der Waals surface area contributed by atoms with E-state index in [1.165, 1.54) is 26.7 Å². The Morgan fingerprint density at radius 3 is 2.77 bits per heavy atom. The summed E-state index contributed by atoms with van der Waals surface area (Å²) in [5.41, 5.74) is 0.972. The third-order valence-corrected chi connectivity index (χ3v) is 5.85. The number of nitrogens with zero attached hydrogens (tertiary/aromatic N) is 3. The van der Waals surface area contributed by atoms with E-state index in [4.69, 9.17) is 14.1 Å². The van der Waals surface area contributed by atoms with Crippen LogP contribution in [0.4, 0.5) is 0 Å². The highest BCUT2D eigenvalue weighted by molar-refractivity contribution is 6.00. The zero-order valence-corrected chi connectivity index (χ0v) is 17.4. The van der Waals surface area contributed by atoms with Gasteiger partial charge in [-0.3, -0.25) is 9.69 Å². The number of ether oxygens (including phenoxy) is 2. The molecule has 2 aromatic rings. The van der Waals surface area contributed by atoms with E-state index < -0.39 is 0 Å². The van der Waals surface area contributed by atoms with Crippen molar-refractivity contribution in [2.45, 2.75) is 25.5 Å². The molecular formula is C21H26BN3O5. The molecule has 158 valence electrons. The molecule has 2 aliphatic heterocycles. The molecule has 1 aromatic heterocycles. The molecule has 1 aromatic carbocycles. The van der Waals surface area contributed by atoms with E-state index in [1.54, 1.807) is 12.0 Å². The number of methoxy groups -OCH3 is 1. The van der Waals surface area contributed by atoms with Gasteiger partial charge in [-0.05, 0) is 37.1 Å². The highest BCUT2D eigenvalue weighted by Gasteiger charge is 2.35. The first-order valence-electron chi connectivity index (χ1n) is 10.2. The van der Waals surface area contributed by atoms with E-state index in [-0.39, 0.29) is 18.2 Å². The van der Waals surface area contributed by atoms with Gasteiger partial charge in [0.1, 0.15) is 12.4 Å². The summed E-state index contributed by atoms with van der Waals surface area (Å²) in [5.74, 6) is 1.14. The van der Waals surface area contributed by atoms with Gasteiger partial charge in [0.25, 0.3) is 5.69 Å². The lowest BCUT2D eigenvalue weighted by Gasteiger charge is -2.36. The molecule has 8 nitrogen and oxygen atoms in total. The maximum absolute atomic E-state index is 13.0. The predicted octanol–water partition coefficient (Wildman–Crippen LogP) is 0.755. The van der Waals surface area contributed by atoms with Crippen LogP contribution in [-0.2, 0) is 6.61 Å². The van der Waals surface area contributed by atoms with Gasteiger partial charge in [-0.15, -0.1) is 0 Å². The van der Waals surface area contributed by atoms with Crippen molar-refractivity contribution >= 4 is 14.0 Å². The fourth-order valence-corrected chi connectivity index (χ4v) is 4.14. The van der Waals surface area contributed by atoms with Crippen molar-refractivity contribution in [3.63, 3.8) is 0 Å². The second-order valence-corrected chi connectivity index (χ2v) is 7.64. The largest absolute Gasteiger partial charge is 0.618 e. The van der Waals surface area contributed by atoms with E-state index in [1.807, 2.05) is 24.3 Å². The number of hydrogen-bond donors (Lipinski definition) is 0. The van der Waals surface area contributed by atoms with Crippen molar-refractivity contribution in [2.24, 2.45) is 0 Å². The average molecular weight is 411 g/mol. The maximum atomic E-state index is 13.0. The topological polar surface area (TPSA) is 78.2 Å². The molecule has 30 heavy (non-hydrogen) atoms. The summed E-state index contributed by atoms with van der Waals surface area (Å²) in [5, 5.41) is 12.6. The Kier molecular flexibility index (Phi) is 5.99. The molecule has 0 bridgehead atoms. The Morgan fingerprint density at radius 2 is 2.03 bits per heavy atom. The SMILES string of the molecule is BOc1cc(C(=O)N2CCN3CCC[C@H]3C2)[n+]([O-])cc1OCc1ccc(OC)cc1. The van der Waals surface area contributed by atoms with E-state index in [0.29, 0.717) is 35.4 Å². The summed E-state index contributed by atoms with van der Waals surface area (Å²) < 4.78 is 16.9.